The van der Waals surface area contributed by atoms with Crippen molar-refractivity contribution >= 4 is 16.7 Å². The third-order valence-electron chi connectivity index (χ3n) is 4.11. The van der Waals surface area contributed by atoms with E-state index in [0.717, 1.165) is 20.9 Å². The summed E-state index contributed by atoms with van der Waals surface area (Å²) in [7, 11) is -1.27. The van der Waals surface area contributed by atoms with Gasteiger partial charge in [0, 0.05) is 4.90 Å². The molecule has 0 aliphatic carbocycles. The van der Waals surface area contributed by atoms with Crippen LogP contribution in [-0.4, -0.2) is 16.7 Å². The lowest BCUT2D eigenvalue weighted by Gasteiger charge is -2.09. The molecule has 3 aromatic carbocycles. The van der Waals surface area contributed by atoms with Crippen molar-refractivity contribution in [2.24, 2.45) is 4.99 Å². The molecule has 1 unspecified atom stereocenters. The minimum Gasteiger partial charge on any atom is -0.475 e. The molecule has 3 nitrogen and oxygen atoms in total. The van der Waals surface area contributed by atoms with Gasteiger partial charge in [-0.3, -0.25) is 0 Å². The van der Waals surface area contributed by atoms with Gasteiger partial charge in [0.15, 0.2) is 0 Å². The summed E-state index contributed by atoms with van der Waals surface area (Å²) in [5.74, 6) is 0.564. The van der Waals surface area contributed by atoms with E-state index in [4.69, 9.17) is 9.73 Å². The zero-order valence-electron chi connectivity index (χ0n) is 13.5. The van der Waals surface area contributed by atoms with Crippen molar-refractivity contribution in [2.75, 3.05) is 6.61 Å². The van der Waals surface area contributed by atoms with Gasteiger partial charge in [-0.15, -0.1) is 0 Å². The molecule has 25 heavy (non-hydrogen) atoms. The average Bonchev–Trinajstić information content (AvgIpc) is 3.19. The molecule has 0 saturated carbocycles. The molecule has 4 rings (SSSR count). The Bertz CT molecular complexity index is 923. The second kappa shape index (κ2) is 7.03. The third kappa shape index (κ3) is 3.26. The monoisotopic (exact) mass is 347 g/mol. The maximum atomic E-state index is 13.0. The first-order valence-electron chi connectivity index (χ1n) is 8.15. The molecule has 0 aromatic heterocycles. The zero-order chi connectivity index (χ0) is 17.1. The van der Waals surface area contributed by atoms with Gasteiger partial charge in [-0.05, 0) is 29.8 Å². The van der Waals surface area contributed by atoms with E-state index in [2.05, 4.69) is 12.1 Å². The van der Waals surface area contributed by atoms with Crippen LogP contribution in [0.4, 0.5) is 0 Å². The second-order valence-electron chi connectivity index (χ2n) is 5.75. The van der Waals surface area contributed by atoms with E-state index in [9.17, 15) is 4.21 Å². The molecule has 0 radical (unpaired) electrons. The van der Waals surface area contributed by atoms with Crippen molar-refractivity contribution in [1.82, 2.24) is 0 Å². The van der Waals surface area contributed by atoms with Crippen LogP contribution >= 0.6 is 0 Å². The summed E-state index contributed by atoms with van der Waals surface area (Å²) in [5, 5.41) is 0. The highest BCUT2D eigenvalue weighted by molar-refractivity contribution is 7.85. The Balaban J connectivity index is 1.69. The van der Waals surface area contributed by atoms with Crippen LogP contribution in [0.25, 0.3) is 0 Å². The minimum absolute atomic E-state index is 0.0191. The van der Waals surface area contributed by atoms with Crippen molar-refractivity contribution in [1.29, 1.82) is 0 Å². The summed E-state index contributed by atoms with van der Waals surface area (Å²) in [5.41, 5.74) is 1.92. The van der Waals surface area contributed by atoms with Gasteiger partial charge in [0.2, 0.25) is 5.90 Å². The van der Waals surface area contributed by atoms with Gasteiger partial charge in [0.1, 0.15) is 12.6 Å². The Morgan fingerprint density at radius 1 is 0.840 bits per heavy atom. The molecule has 124 valence electrons. The van der Waals surface area contributed by atoms with E-state index in [0.29, 0.717) is 12.5 Å². The van der Waals surface area contributed by atoms with Crippen LogP contribution in [0.2, 0.25) is 0 Å². The first-order chi connectivity index (χ1) is 12.3. The fourth-order valence-corrected chi connectivity index (χ4v) is 4.06. The van der Waals surface area contributed by atoms with Crippen LogP contribution in [-0.2, 0) is 15.5 Å². The zero-order valence-corrected chi connectivity index (χ0v) is 14.4. The van der Waals surface area contributed by atoms with Crippen LogP contribution < -0.4 is 0 Å². The summed E-state index contributed by atoms with van der Waals surface area (Å²) in [6.45, 7) is 0.506. The van der Waals surface area contributed by atoms with Gasteiger partial charge in [0.25, 0.3) is 0 Å². The Labute approximate surface area is 149 Å². The number of hydrogen-bond acceptors (Lipinski definition) is 3. The van der Waals surface area contributed by atoms with E-state index in [1.807, 2.05) is 72.8 Å². The molecule has 1 aliphatic rings. The lowest BCUT2D eigenvalue weighted by molar-refractivity contribution is 0.319. The summed E-state index contributed by atoms with van der Waals surface area (Å²) in [4.78, 5) is 6.22. The summed E-state index contributed by atoms with van der Waals surface area (Å²) in [6, 6.07) is 27.1. The van der Waals surface area contributed by atoms with Crippen molar-refractivity contribution in [3.8, 4) is 0 Å². The van der Waals surface area contributed by atoms with E-state index in [1.54, 1.807) is 0 Å². The quantitative estimate of drug-likeness (QED) is 0.703. The predicted octanol–water partition coefficient (Wildman–Crippen LogP) is 4.37. The Kier molecular flexibility index (Phi) is 4.44. The highest BCUT2D eigenvalue weighted by Crippen LogP contribution is 2.28. The SMILES string of the molecule is O=S(c1ccccc1)c1ccccc1C1=N[C@H](c2ccccc2)CO1. The normalized spacial score (nSPS) is 17.6. The highest BCUT2D eigenvalue weighted by atomic mass is 32.2. The molecule has 0 saturated heterocycles. The highest BCUT2D eigenvalue weighted by Gasteiger charge is 2.24. The van der Waals surface area contributed by atoms with Gasteiger partial charge >= 0.3 is 0 Å². The van der Waals surface area contributed by atoms with E-state index in [1.165, 1.54) is 0 Å². The van der Waals surface area contributed by atoms with Crippen LogP contribution in [0.5, 0.6) is 0 Å². The Hall–Kier alpha value is -2.72. The molecular weight excluding hydrogens is 330 g/mol. The Morgan fingerprint density at radius 3 is 2.24 bits per heavy atom. The van der Waals surface area contributed by atoms with E-state index in [-0.39, 0.29) is 6.04 Å². The van der Waals surface area contributed by atoms with Crippen molar-refractivity contribution in [3.63, 3.8) is 0 Å². The minimum atomic E-state index is -1.27. The van der Waals surface area contributed by atoms with Gasteiger partial charge in [-0.2, -0.15) is 0 Å². The van der Waals surface area contributed by atoms with Gasteiger partial charge < -0.3 is 4.74 Å². The molecule has 4 heteroatoms. The molecule has 0 amide bonds. The van der Waals surface area contributed by atoms with Gasteiger partial charge in [-0.1, -0.05) is 60.7 Å². The fourth-order valence-electron chi connectivity index (χ4n) is 2.84. The van der Waals surface area contributed by atoms with Crippen LogP contribution in [0.1, 0.15) is 17.2 Å². The number of aliphatic imine (C=N–C) groups is 1. The largest absolute Gasteiger partial charge is 0.475 e. The maximum Gasteiger partial charge on any atom is 0.218 e. The predicted molar refractivity (Wildman–Crippen MR) is 99.2 cm³/mol. The van der Waals surface area contributed by atoms with E-state index >= 15 is 0 Å². The summed E-state index contributed by atoms with van der Waals surface area (Å²) >= 11 is 0. The maximum absolute atomic E-state index is 13.0. The third-order valence-corrected chi connectivity index (χ3v) is 5.57. The van der Waals surface area contributed by atoms with Crippen LogP contribution in [0.3, 0.4) is 0 Å². The topological polar surface area (TPSA) is 38.7 Å². The second-order valence-corrected chi connectivity index (χ2v) is 7.20. The molecule has 3 aromatic rings. The van der Waals surface area contributed by atoms with Crippen molar-refractivity contribution in [3.05, 3.63) is 96.1 Å². The molecule has 1 heterocycles. The number of rotatable bonds is 4. The van der Waals surface area contributed by atoms with Crippen molar-refractivity contribution < 1.29 is 8.95 Å². The Morgan fingerprint density at radius 2 is 1.48 bits per heavy atom. The summed E-state index contributed by atoms with van der Waals surface area (Å²) < 4.78 is 18.8. The number of benzene rings is 3. The van der Waals surface area contributed by atoms with Crippen LogP contribution in [0, 0.1) is 0 Å². The first kappa shape index (κ1) is 15.8. The molecule has 2 atom stereocenters. The molecule has 1 aliphatic heterocycles. The molecule has 0 spiro atoms. The number of nitrogens with zero attached hydrogens (tertiary/aromatic N) is 1. The number of ether oxygens (including phenoxy) is 1. The fraction of sp³-hybridized carbons (Fsp3) is 0.0952. The van der Waals surface area contributed by atoms with Crippen molar-refractivity contribution in [2.45, 2.75) is 15.8 Å². The van der Waals surface area contributed by atoms with Crippen LogP contribution in [0.15, 0.2) is 99.7 Å². The number of hydrogen-bond donors (Lipinski definition) is 0. The van der Waals surface area contributed by atoms with Gasteiger partial charge in [-0.25, -0.2) is 9.20 Å². The first-order valence-corrected chi connectivity index (χ1v) is 9.29. The standard InChI is InChI=1S/C21H17NO2S/c23-25(17-11-5-2-6-12-17)20-14-8-7-13-18(20)21-22-19(15-24-21)16-9-3-1-4-10-16/h1-14,19H,15H2/t19-,25?/m0/s1. The molecule has 0 bridgehead atoms. The lowest BCUT2D eigenvalue weighted by Crippen LogP contribution is -2.07. The van der Waals surface area contributed by atoms with Gasteiger partial charge in [0.05, 0.1) is 21.3 Å². The molecule has 0 N–H and O–H groups in total. The average molecular weight is 347 g/mol. The molecular formula is C21H17NO2S. The summed E-state index contributed by atoms with van der Waals surface area (Å²) in [6.07, 6.45) is 0. The van der Waals surface area contributed by atoms with E-state index < -0.39 is 10.8 Å². The smallest absolute Gasteiger partial charge is 0.218 e. The molecule has 0 fully saturated rings. The lowest BCUT2D eigenvalue weighted by atomic mass is 10.1.